The fourth-order valence-corrected chi connectivity index (χ4v) is 4.43. The van der Waals surface area contributed by atoms with Crippen molar-refractivity contribution in [1.29, 1.82) is 0 Å². The second kappa shape index (κ2) is 10.7. The summed E-state index contributed by atoms with van der Waals surface area (Å²) in [6, 6.07) is 16.1. The van der Waals surface area contributed by atoms with E-state index >= 15 is 0 Å². The van der Waals surface area contributed by atoms with E-state index in [0.717, 1.165) is 28.1 Å². The molecule has 0 bridgehead atoms. The molecule has 0 radical (unpaired) electrons. The summed E-state index contributed by atoms with van der Waals surface area (Å²) in [6.45, 7) is 0.754. The third-order valence-electron chi connectivity index (χ3n) is 4.77. The number of carbonyl (C=O) groups excluding carboxylic acids is 1. The lowest BCUT2D eigenvalue weighted by molar-refractivity contribution is -0.121. The zero-order valence-corrected chi connectivity index (χ0v) is 18.1. The van der Waals surface area contributed by atoms with Crippen LogP contribution in [0.3, 0.4) is 0 Å². The lowest BCUT2D eigenvalue weighted by Gasteiger charge is -2.21. The van der Waals surface area contributed by atoms with Gasteiger partial charge in [-0.05, 0) is 36.1 Å². The summed E-state index contributed by atoms with van der Waals surface area (Å²) in [5.74, 6) is -0.380. The molecule has 1 amide bonds. The van der Waals surface area contributed by atoms with Gasteiger partial charge in [-0.3, -0.25) is 4.79 Å². The number of ether oxygens (including phenoxy) is 1. The third kappa shape index (κ3) is 6.67. The van der Waals surface area contributed by atoms with Crippen LogP contribution in [-0.4, -0.2) is 44.4 Å². The number of benzene rings is 2. The molecule has 1 saturated heterocycles. The molecule has 1 unspecified atom stereocenters. The van der Waals surface area contributed by atoms with E-state index in [2.05, 4.69) is 5.32 Å². The third-order valence-corrected chi connectivity index (χ3v) is 6.59. The molecular formula is C22H25ClN2O4S. The molecule has 30 heavy (non-hydrogen) atoms. The number of nitrogens with zero attached hydrogens (tertiary/aromatic N) is 1. The minimum absolute atomic E-state index is 0.00547. The quantitative estimate of drug-likeness (QED) is 0.637. The second-order valence-electron chi connectivity index (χ2n) is 7.06. The van der Waals surface area contributed by atoms with Crippen molar-refractivity contribution in [3.8, 4) is 0 Å². The zero-order valence-electron chi connectivity index (χ0n) is 16.5. The molecule has 1 aliphatic heterocycles. The van der Waals surface area contributed by atoms with Crippen LogP contribution in [0.5, 0.6) is 0 Å². The van der Waals surface area contributed by atoms with Crippen LogP contribution in [0.25, 0.3) is 6.08 Å². The second-order valence-corrected chi connectivity index (χ2v) is 9.28. The molecule has 2 aromatic rings. The molecule has 0 saturated carbocycles. The molecular weight excluding hydrogens is 424 g/mol. The zero-order chi connectivity index (χ0) is 21.4. The first-order valence-corrected chi connectivity index (χ1v) is 11.7. The van der Waals surface area contributed by atoms with E-state index in [0.29, 0.717) is 23.7 Å². The first-order valence-electron chi connectivity index (χ1n) is 9.79. The van der Waals surface area contributed by atoms with Crippen LogP contribution in [0.15, 0.2) is 60.0 Å². The van der Waals surface area contributed by atoms with Gasteiger partial charge in [0, 0.05) is 30.1 Å². The highest BCUT2D eigenvalue weighted by atomic mass is 35.5. The van der Waals surface area contributed by atoms with Crippen LogP contribution < -0.4 is 5.32 Å². The van der Waals surface area contributed by atoms with Crippen molar-refractivity contribution < 1.29 is 17.9 Å². The number of nitrogens with one attached hydrogen (secondary N) is 1. The highest BCUT2D eigenvalue weighted by Gasteiger charge is 2.24. The Kier molecular flexibility index (Phi) is 8.04. The summed E-state index contributed by atoms with van der Waals surface area (Å²) in [6.07, 6.45) is 3.36. The van der Waals surface area contributed by atoms with Crippen molar-refractivity contribution in [2.24, 2.45) is 0 Å². The van der Waals surface area contributed by atoms with Crippen molar-refractivity contribution in [2.75, 3.05) is 19.7 Å². The van der Waals surface area contributed by atoms with Gasteiger partial charge in [-0.1, -0.05) is 60.1 Å². The number of sulfonamides is 1. The minimum Gasteiger partial charge on any atom is -0.376 e. The molecule has 2 aromatic carbocycles. The number of hydrogen-bond acceptors (Lipinski definition) is 4. The number of halogens is 1. The van der Waals surface area contributed by atoms with E-state index in [-0.39, 0.29) is 25.1 Å². The largest absolute Gasteiger partial charge is 0.376 e. The number of rotatable bonds is 9. The Morgan fingerprint density at radius 1 is 1.17 bits per heavy atom. The van der Waals surface area contributed by atoms with E-state index < -0.39 is 10.0 Å². The average molecular weight is 449 g/mol. The Balaban J connectivity index is 1.74. The first kappa shape index (κ1) is 22.5. The Hall–Kier alpha value is -2.19. The van der Waals surface area contributed by atoms with Crippen LogP contribution in [0, 0.1) is 0 Å². The molecule has 160 valence electrons. The minimum atomic E-state index is -3.87. The number of amides is 1. The Labute approximate surface area is 182 Å². The summed E-state index contributed by atoms with van der Waals surface area (Å²) in [5.41, 5.74) is 1.38. The van der Waals surface area contributed by atoms with Gasteiger partial charge in [0.2, 0.25) is 15.9 Å². The van der Waals surface area contributed by atoms with Crippen molar-refractivity contribution >= 4 is 33.6 Å². The fraction of sp³-hybridized carbons (Fsp3) is 0.318. The molecule has 0 spiro atoms. The van der Waals surface area contributed by atoms with E-state index in [4.69, 9.17) is 16.3 Å². The Morgan fingerprint density at radius 2 is 1.90 bits per heavy atom. The molecule has 3 rings (SSSR count). The molecule has 6 nitrogen and oxygen atoms in total. The van der Waals surface area contributed by atoms with E-state index in [1.807, 2.05) is 18.2 Å². The topological polar surface area (TPSA) is 75.7 Å². The van der Waals surface area contributed by atoms with Gasteiger partial charge in [0.1, 0.15) is 0 Å². The maximum atomic E-state index is 13.0. The van der Waals surface area contributed by atoms with Gasteiger partial charge in [0.15, 0.2) is 0 Å². The Bertz CT molecular complexity index is 974. The van der Waals surface area contributed by atoms with Gasteiger partial charge in [-0.25, -0.2) is 8.42 Å². The average Bonchev–Trinajstić information content (AvgIpc) is 3.26. The SMILES string of the molecule is O=C(CN(Cc1ccccc1Cl)S(=O)(=O)/C=C/c1ccccc1)NCC1CCCO1. The highest BCUT2D eigenvalue weighted by Crippen LogP contribution is 2.20. The van der Waals surface area contributed by atoms with Crippen molar-refractivity contribution in [1.82, 2.24) is 9.62 Å². The van der Waals surface area contributed by atoms with Gasteiger partial charge in [0.25, 0.3) is 0 Å². The molecule has 1 heterocycles. The Morgan fingerprint density at radius 3 is 2.60 bits per heavy atom. The normalized spacial score (nSPS) is 16.9. The molecule has 1 N–H and O–H groups in total. The van der Waals surface area contributed by atoms with Gasteiger partial charge in [-0.2, -0.15) is 4.31 Å². The van der Waals surface area contributed by atoms with Crippen LogP contribution in [0.4, 0.5) is 0 Å². The van der Waals surface area contributed by atoms with Crippen LogP contribution in [0.1, 0.15) is 24.0 Å². The smallest absolute Gasteiger partial charge is 0.237 e. The number of hydrogen-bond donors (Lipinski definition) is 1. The predicted molar refractivity (Wildman–Crippen MR) is 118 cm³/mol. The first-order chi connectivity index (χ1) is 14.4. The van der Waals surface area contributed by atoms with Gasteiger partial charge in [-0.15, -0.1) is 0 Å². The van der Waals surface area contributed by atoms with Crippen molar-refractivity contribution in [2.45, 2.75) is 25.5 Å². The fourth-order valence-electron chi connectivity index (χ4n) is 3.12. The van der Waals surface area contributed by atoms with E-state index in [1.165, 1.54) is 6.08 Å². The van der Waals surface area contributed by atoms with E-state index in [9.17, 15) is 13.2 Å². The monoisotopic (exact) mass is 448 g/mol. The molecule has 0 aromatic heterocycles. The molecule has 1 fully saturated rings. The summed E-state index contributed by atoms with van der Waals surface area (Å²) < 4.78 is 32.6. The summed E-state index contributed by atoms with van der Waals surface area (Å²) in [5, 5.41) is 4.34. The van der Waals surface area contributed by atoms with Crippen molar-refractivity contribution in [3.05, 3.63) is 76.2 Å². The summed E-state index contributed by atoms with van der Waals surface area (Å²) in [7, 11) is -3.87. The number of carbonyl (C=O) groups is 1. The maximum absolute atomic E-state index is 13.0. The summed E-state index contributed by atoms with van der Waals surface area (Å²) in [4.78, 5) is 12.5. The van der Waals surface area contributed by atoms with Gasteiger partial charge in [0.05, 0.1) is 12.6 Å². The standard InChI is InChI=1S/C22H25ClN2O4S/c23-21-11-5-4-9-19(21)16-25(17-22(26)24-15-20-10-6-13-29-20)30(27,28)14-12-18-7-2-1-3-8-18/h1-5,7-9,11-12,14,20H,6,10,13,15-17H2,(H,24,26)/b14-12+. The lowest BCUT2D eigenvalue weighted by atomic mass is 10.2. The van der Waals surface area contributed by atoms with Crippen molar-refractivity contribution in [3.63, 3.8) is 0 Å². The van der Waals surface area contributed by atoms with E-state index in [1.54, 1.807) is 36.4 Å². The van der Waals surface area contributed by atoms with Crippen LogP contribution >= 0.6 is 11.6 Å². The lowest BCUT2D eigenvalue weighted by Crippen LogP contribution is -2.41. The highest BCUT2D eigenvalue weighted by molar-refractivity contribution is 7.92. The summed E-state index contributed by atoms with van der Waals surface area (Å²) >= 11 is 6.22. The molecule has 1 aliphatic rings. The van der Waals surface area contributed by atoms with Crippen LogP contribution in [-0.2, 0) is 26.1 Å². The predicted octanol–water partition coefficient (Wildman–Crippen LogP) is 3.44. The van der Waals surface area contributed by atoms with Crippen LogP contribution in [0.2, 0.25) is 5.02 Å². The molecule has 0 aliphatic carbocycles. The molecule has 1 atom stereocenters. The van der Waals surface area contributed by atoms with Gasteiger partial charge >= 0.3 is 0 Å². The van der Waals surface area contributed by atoms with Gasteiger partial charge < -0.3 is 10.1 Å². The molecule has 8 heteroatoms. The maximum Gasteiger partial charge on any atom is 0.237 e.